The van der Waals surface area contributed by atoms with Crippen LogP contribution in [-0.2, 0) is 14.6 Å². The van der Waals surface area contributed by atoms with E-state index in [4.69, 9.17) is 0 Å². The topological polar surface area (TPSA) is 63.2 Å². The van der Waals surface area contributed by atoms with Crippen LogP contribution in [0.4, 0.5) is 0 Å². The van der Waals surface area contributed by atoms with Crippen molar-refractivity contribution < 1.29 is 13.2 Å². The smallest absolute Gasteiger partial charge is 0.221 e. The largest absolute Gasteiger partial charge is 0.349 e. The average Bonchev–Trinajstić information content (AvgIpc) is 2.93. The van der Waals surface area contributed by atoms with Gasteiger partial charge in [0.1, 0.15) is 0 Å². The lowest BCUT2D eigenvalue weighted by molar-refractivity contribution is -0.121. The Labute approximate surface area is 142 Å². The summed E-state index contributed by atoms with van der Waals surface area (Å²) in [6, 6.07) is 19.3. The van der Waals surface area contributed by atoms with Crippen LogP contribution in [-0.4, -0.2) is 26.1 Å². The van der Waals surface area contributed by atoms with Gasteiger partial charge < -0.3 is 5.32 Å². The van der Waals surface area contributed by atoms with Crippen molar-refractivity contribution in [1.29, 1.82) is 0 Å². The van der Waals surface area contributed by atoms with Crippen LogP contribution in [0.5, 0.6) is 0 Å². The van der Waals surface area contributed by atoms with E-state index in [0.29, 0.717) is 0 Å². The van der Waals surface area contributed by atoms with Gasteiger partial charge in [-0.05, 0) is 17.2 Å². The Morgan fingerprint density at radius 3 is 2.00 bits per heavy atom. The molecule has 0 aliphatic carbocycles. The standard InChI is InChI=1S/C19H19NO3S/c21-19(20-17-11-12-24(22,23)14-17)13-18(15-7-3-1-4-8-15)16-9-5-2-6-10-16/h1-12,17-18H,13-14H2,(H,20,21)/t17-/m1/s1. The minimum absolute atomic E-state index is 0.0555. The third kappa shape index (κ3) is 4.11. The lowest BCUT2D eigenvalue weighted by atomic mass is 9.88. The number of benzene rings is 2. The van der Waals surface area contributed by atoms with E-state index in [1.165, 1.54) is 11.5 Å². The van der Waals surface area contributed by atoms with Gasteiger partial charge in [-0.15, -0.1) is 0 Å². The second-order valence-electron chi connectivity index (χ2n) is 5.91. The maximum absolute atomic E-state index is 12.4. The molecule has 0 bridgehead atoms. The first kappa shape index (κ1) is 16.5. The summed E-state index contributed by atoms with van der Waals surface area (Å²) in [5.41, 5.74) is 2.13. The number of rotatable bonds is 5. The third-order valence-electron chi connectivity index (χ3n) is 4.07. The van der Waals surface area contributed by atoms with Crippen molar-refractivity contribution in [3.8, 4) is 0 Å². The highest BCUT2D eigenvalue weighted by atomic mass is 32.2. The summed E-state index contributed by atoms with van der Waals surface area (Å²) < 4.78 is 22.9. The van der Waals surface area contributed by atoms with Gasteiger partial charge in [-0.2, -0.15) is 0 Å². The van der Waals surface area contributed by atoms with Crippen LogP contribution in [0.3, 0.4) is 0 Å². The molecule has 5 heteroatoms. The van der Waals surface area contributed by atoms with Crippen LogP contribution in [0.2, 0.25) is 0 Å². The van der Waals surface area contributed by atoms with Crippen LogP contribution in [0.15, 0.2) is 72.1 Å². The molecule has 0 unspecified atom stereocenters. The molecular formula is C19H19NO3S. The van der Waals surface area contributed by atoms with Crippen molar-refractivity contribution >= 4 is 15.7 Å². The Morgan fingerprint density at radius 2 is 1.54 bits per heavy atom. The molecule has 1 heterocycles. The first-order valence-electron chi connectivity index (χ1n) is 7.84. The Bertz CT molecular complexity index is 790. The molecule has 0 saturated heterocycles. The molecular weight excluding hydrogens is 322 g/mol. The highest BCUT2D eigenvalue weighted by Crippen LogP contribution is 2.27. The van der Waals surface area contributed by atoms with Crippen molar-refractivity contribution in [2.45, 2.75) is 18.4 Å². The van der Waals surface area contributed by atoms with Gasteiger partial charge in [0.25, 0.3) is 0 Å². The van der Waals surface area contributed by atoms with Gasteiger partial charge in [0.05, 0.1) is 11.8 Å². The lowest BCUT2D eigenvalue weighted by Gasteiger charge is -2.19. The fourth-order valence-corrected chi connectivity index (χ4v) is 4.15. The Hall–Kier alpha value is -2.40. The molecule has 0 aromatic heterocycles. The van der Waals surface area contributed by atoms with E-state index in [0.717, 1.165) is 11.1 Å². The van der Waals surface area contributed by atoms with E-state index in [2.05, 4.69) is 5.32 Å². The fourth-order valence-electron chi connectivity index (χ4n) is 2.92. The van der Waals surface area contributed by atoms with Gasteiger partial charge in [0.15, 0.2) is 9.84 Å². The molecule has 124 valence electrons. The molecule has 0 fully saturated rings. The third-order valence-corrected chi connectivity index (χ3v) is 5.47. The monoisotopic (exact) mass is 341 g/mol. The predicted molar refractivity (Wildman–Crippen MR) is 94.2 cm³/mol. The van der Waals surface area contributed by atoms with Gasteiger partial charge in [-0.25, -0.2) is 8.42 Å². The zero-order chi connectivity index (χ0) is 17.0. The first-order valence-corrected chi connectivity index (χ1v) is 9.55. The number of nitrogens with one attached hydrogen (secondary N) is 1. The number of carbonyl (C=O) groups is 1. The van der Waals surface area contributed by atoms with Crippen LogP contribution in [0, 0.1) is 0 Å². The van der Waals surface area contributed by atoms with Crippen LogP contribution >= 0.6 is 0 Å². The molecule has 24 heavy (non-hydrogen) atoms. The van der Waals surface area contributed by atoms with Gasteiger partial charge in [-0.3, -0.25) is 4.79 Å². The molecule has 1 atom stereocenters. The van der Waals surface area contributed by atoms with E-state index < -0.39 is 15.9 Å². The van der Waals surface area contributed by atoms with E-state index >= 15 is 0 Å². The molecule has 0 spiro atoms. The van der Waals surface area contributed by atoms with Gasteiger partial charge in [0.2, 0.25) is 5.91 Å². The van der Waals surface area contributed by atoms with E-state index in [1.54, 1.807) is 0 Å². The van der Waals surface area contributed by atoms with E-state index in [9.17, 15) is 13.2 Å². The highest BCUT2D eigenvalue weighted by Gasteiger charge is 2.25. The zero-order valence-corrected chi connectivity index (χ0v) is 13.9. The number of sulfone groups is 1. The molecule has 1 aliphatic heterocycles. The summed E-state index contributed by atoms with van der Waals surface area (Å²) in [4.78, 5) is 12.4. The normalized spacial score (nSPS) is 18.6. The number of hydrogen-bond acceptors (Lipinski definition) is 3. The van der Waals surface area contributed by atoms with Crippen LogP contribution in [0.1, 0.15) is 23.5 Å². The summed E-state index contributed by atoms with van der Waals surface area (Å²) >= 11 is 0. The SMILES string of the molecule is O=C(CC(c1ccccc1)c1ccccc1)N[C@@H]1C=CS(=O)(=O)C1. The van der Waals surface area contributed by atoms with Crippen molar-refractivity contribution in [2.24, 2.45) is 0 Å². The fraction of sp³-hybridized carbons (Fsp3) is 0.211. The summed E-state index contributed by atoms with van der Waals surface area (Å²) in [7, 11) is -3.17. The van der Waals surface area contributed by atoms with Crippen LogP contribution in [0.25, 0.3) is 0 Å². The molecule has 2 aromatic carbocycles. The Morgan fingerprint density at radius 1 is 1.00 bits per heavy atom. The Balaban J connectivity index is 1.75. The van der Waals surface area contributed by atoms with Crippen LogP contribution < -0.4 is 5.32 Å². The molecule has 0 saturated carbocycles. The van der Waals surface area contributed by atoms with E-state index in [1.807, 2.05) is 60.7 Å². The lowest BCUT2D eigenvalue weighted by Crippen LogP contribution is -2.36. The molecule has 1 amide bonds. The molecule has 2 aromatic rings. The number of amides is 1. The van der Waals surface area contributed by atoms with Crippen molar-refractivity contribution in [3.05, 3.63) is 83.3 Å². The summed E-state index contributed by atoms with van der Waals surface area (Å²) in [6.45, 7) is 0. The first-order chi connectivity index (χ1) is 11.5. The van der Waals surface area contributed by atoms with E-state index in [-0.39, 0.29) is 24.0 Å². The molecule has 3 rings (SSSR count). The zero-order valence-electron chi connectivity index (χ0n) is 13.1. The Kier molecular flexibility index (Phi) is 4.81. The maximum Gasteiger partial charge on any atom is 0.221 e. The maximum atomic E-state index is 12.4. The summed E-state index contributed by atoms with van der Waals surface area (Å²) in [5.74, 6) is -0.270. The molecule has 0 radical (unpaired) electrons. The van der Waals surface area contributed by atoms with Crippen molar-refractivity contribution in [2.75, 3.05) is 5.75 Å². The van der Waals surface area contributed by atoms with Crippen molar-refractivity contribution in [1.82, 2.24) is 5.32 Å². The minimum Gasteiger partial charge on any atom is -0.349 e. The second kappa shape index (κ2) is 7.01. The number of carbonyl (C=O) groups excluding carboxylic acids is 1. The van der Waals surface area contributed by atoms with Gasteiger partial charge >= 0.3 is 0 Å². The quantitative estimate of drug-likeness (QED) is 0.909. The van der Waals surface area contributed by atoms with Gasteiger partial charge in [-0.1, -0.05) is 60.7 Å². The summed E-state index contributed by atoms with van der Waals surface area (Å²) in [5, 5.41) is 3.97. The second-order valence-corrected chi connectivity index (χ2v) is 7.84. The highest BCUT2D eigenvalue weighted by molar-refractivity contribution is 7.94. The molecule has 4 nitrogen and oxygen atoms in total. The van der Waals surface area contributed by atoms with Crippen molar-refractivity contribution in [3.63, 3.8) is 0 Å². The molecule has 1 aliphatic rings. The predicted octanol–water partition coefficient (Wildman–Crippen LogP) is 2.64. The number of hydrogen-bond donors (Lipinski definition) is 1. The van der Waals surface area contributed by atoms with Gasteiger partial charge in [0, 0.05) is 17.7 Å². The molecule has 1 N–H and O–H groups in total. The summed E-state index contributed by atoms with van der Waals surface area (Å²) in [6.07, 6.45) is 1.81. The minimum atomic E-state index is -3.17. The average molecular weight is 341 g/mol.